The lowest BCUT2D eigenvalue weighted by molar-refractivity contribution is -0.146. The van der Waals surface area contributed by atoms with E-state index in [2.05, 4.69) is 10.1 Å². The zero-order valence-electron chi connectivity index (χ0n) is 7.68. The molecule has 0 bridgehead atoms. The minimum atomic E-state index is -0.130. The Morgan fingerprint density at radius 1 is 1.55 bits per heavy atom. The molecule has 0 radical (unpaired) electrons. The van der Waals surface area contributed by atoms with Crippen molar-refractivity contribution in [2.24, 2.45) is 11.8 Å². The van der Waals surface area contributed by atoms with Crippen molar-refractivity contribution < 1.29 is 9.53 Å². The second-order valence-corrected chi connectivity index (χ2v) is 2.93. The number of nitrogens with one attached hydrogen (secondary N) is 1. The molecular weight excluding hydrogens is 142 g/mol. The fraction of sp³-hybridized carbons (Fsp3) is 0.875. The van der Waals surface area contributed by atoms with Gasteiger partial charge in [-0.25, -0.2) is 0 Å². The maximum Gasteiger partial charge on any atom is 0.310 e. The van der Waals surface area contributed by atoms with Gasteiger partial charge in [0.2, 0.25) is 0 Å². The number of methoxy groups -OCH3 is 1. The summed E-state index contributed by atoms with van der Waals surface area (Å²) in [6.45, 7) is 4.71. The van der Waals surface area contributed by atoms with E-state index in [1.807, 2.05) is 20.9 Å². The quantitative estimate of drug-likeness (QED) is 0.612. The Morgan fingerprint density at radius 3 is 2.36 bits per heavy atom. The first kappa shape index (κ1) is 10.4. The Hall–Kier alpha value is -0.570. The molecule has 11 heavy (non-hydrogen) atoms. The molecule has 0 amide bonds. The maximum absolute atomic E-state index is 11.1. The van der Waals surface area contributed by atoms with Crippen molar-refractivity contribution in [1.29, 1.82) is 0 Å². The van der Waals surface area contributed by atoms with E-state index in [9.17, 15) is 4.79 Å². The van der Waals surface area contributed by atoms with Crippen LogP contribution >= 0.6 is 0 Å². The Morgan fingerprint density at radius 2 is 2.09 bits per heavy atom. The van der Waals surface area contributed by atoms with Gasteiger partial charge >= 0.3 is 5.97 Å². The van der Waals surface area contributed by atoms with Gasteiger partial charge in [0, 0.05) is 6.54 Å². The van der Waals surface area contributed by atoms with Crippen LogP contribution in [0.4, 0.5) is 0 Å². The molecule has 0 aliphatic heterocycles. The summed E-state index contributed by atoms with van der Waals surface area (Å²) < 4.78 is 4.65. The molecule has 3 heteroatoms. The smallest absolute Gasteiger partial charge is 0.310 e. The van der Waals surface area contributed by atoms with E-state index >= 15 is 0 Å². The first-order chi connectivity index (χ1) is 5.13. The summed E-state index contributed by atoms with van der Waals surface area (Å²) in [6.07, 6.45) is 0. The largest absolute Gasteiger partial charge is 0.469 e. The van der Waals surface area contributed by atoms with Gasteiger partial charge in [-0.3, -0.25) is 4.79 Å². The molecule has 0 aliphatic rings. The minimum Gasteiger partial charge on any atom is -0.469 e. The molecule has 3 nitrogen and oxygen atoms in total. The van der Waals surface area contributed by atoms with Crippen molar-refractivity contribution in [2.45, 2.75) is 13.8 Å². The van der Waals surface area contributed by atoms with Crippen molar-refractivity contribution in [3.63, 3.8) is 0 Å². The first-order valence-corrected chi connectivity index (χ1v) is 3.86. The topological polar surface area (TPSA) is 38.3 Å². The van der Waals surface area contributed by atoms with E-state index in [4.69, 9.17) is 0 Å². The van der Waals surface area contributed by atoms with Crippen LogP contribution in [-0.2, 0) is 9.53 Å². The van der Waals surface area contributed by atoms with Crippen LogP contribution in [-0.4, -0.2) is 26.7 Å². The van der Waals surface area contributed by atoms with E-state index in [-0.39, 0.29) is 11.9 Å². The van der Waals surface area contributed by atoms with Crippen LogP contribution in [0.3, 0.4) is 0 Å². The van der Waals surface area contributed by atoms with Crippen molar-refractivity contribution in [3.8, 4) is 0 Å². The van der Waals surface area contributed by atoms with Gasteiger partial charge in [0.15, 0.2) is 0 Å². The molecule has 1 N–H and O–H groups in total. The highest BCUT2D eigenvalue weighted by Gasteiger charge is 2.21. The lowest BCUT2D eigenvalue weighted by Crippen LogP contribution is -2.31. The van der Waals surface area contributed by atoms with Crippen LogP contribution in [0.15, 0.2) is 0 Å². The first-order valence-electron chi connectivity index (χ1n) is 3.86. The third-order valence-electron chi connectivity index (χ3n) is 1.73. The molecule has 66 valence electrons. The maximum atomic E-state index is 11.1. The van der Waals surface area contributed by atoms with E-state index in [1.165, 1.54) is 7.11 Å². The average Bonchev–Trinajstić information content (AvgIpc) is 1.98. The van der Waals surface area contributed by atoms with Gasteiger partial charge in [-0.15, -0.1) is 0 Å². The molecule has 0 aromatic rings. The van der Waals surface area contributed by atoms with E-state index in [0.717, 1.165) is 0 Å². The van der Waals surface area contributed by atoms with Crippen LogP contribution in [0, 0.1) is 11.8 Å². The van der Waals surface area contributed by atoms with Crippen LogP contribution < -0.4 is 5.32 Å². The molecule has 0 aromatic carbocycles. The molecule has 1 unspecified atom stereocenters. The number of carbonyl (C=O) groups excluding carboxylic acids is 1. The number of hydrogen-bond acceptors (Lipinski definition) is 3. The van der Waals surface area contributed by atoms with Gasteiger partial charge in [-0.05, 0) is 13.0 Å². The summed E-state index contributed by atoms with van der Waals surface area (Å²) in [5, 5.41) is 2.96. The van der Waals surface area contributed by atoms with Gasteiger partial charge < -0.3 is 10.1 Å². The van der Waals surface area contributed by atoms with Gasteiger partial charge in [0.25, 0.3) is 0 Å². The molecular formula is C8H17NO2. The molecule has 0 spiro atoms. The van der Waals surface area contributed by atoms with E-state index in [1.54, 1.807) is 0 Å². The normalized spacial score (nSPS) is 13.2. The summed E-state index contributed by atoms with van der Waals surface area (Å²) in [6, 6.07) is 0. The zero-order valence-corrected chi connectivity index (χ0v) is 7.68. The van der Waals surface area contributed by atoms with Crippen molar-refractivity contribution >= 4 is 5.97 Å². The summed E-state index contributed by atoms with van der Waals surface area (Å²) in [5.41, 5.74) is 0. The lowest BCUT2D eigenvalue weighted by Gasteiger charge is -2.17. The predicted octanol–water partition coefficient (Wildman–Crippen LogP) is 0.651. The predicted molar refractivity (Wildman–Crippen MR) is 44.3 cm³/mol. The van der Waals surface area contributed by atoms with Crippen molar-refractivity contribution in [2.75, 3.05) is 20.7 Å². The standard InChI is InChI=1S/C8H17NO2/c1-6(2)7(5-9-3)8(10)11-4/h6-7,9H,5H2,1-4H3. The van der Waals surface area contributed by atoms with Crippen LogP contribution in [0.2, 0.25) is 0 Å². The third kappa shape index (κ3) is 3.37. The van der Waals surface area contributed by atoms with Gasteiger partial charge in [0.05, 0.1) is 13.0 Å². The number of ether oxygens (including phenoxy) is 1. The summed E-state index contributed by atoms with van der Waals surface area (Å²) in [7, 11) is 3.26. The average molecular weight is 159 g/mol. The highest BCUT2D eigenvalue weighted by Crippen LogP contribution is 2.10. The van der Waals surface area contributed by atoms with Crippen LogP contribution in [0.25, 0.3) is 0 Å². The zero-order chi connectivity index (χ0) is 8.85. The Labute approximate surface area is 68.1 Å². The van der Waals surface area contributed by atoms with Crippen LogP contribution in [0.5, 0.6) is 0 Å². The van der Waals surface area contributed by atoms with Crippen molar-refractivity contribution in [1.82, 2.24) is 5.32 Å². The summed E-state index contributed by atoms with van der Waals surface area (Å²) >= 11 is 0. The molecule has 0 aromatic heterocycles. The molecule has 0 rings (SSSR count). The monoisotopic (exact) mass is 159 g/mol. The molecule has 0 aliphatic carbocycles. The lowest BCUT2D eigenvalue weighted by atomic mass is 9.96. The fourth-order valence-electron chi connectivity index (χ4n) is 0.962. The number of esters is 1. The number of hydrogen-bond donors (Lipinski definition) is 1. The Bertz CT molecular complexity index is 123. The fourth-order valence-corrected chi connectivity index (χ4v) is 0.962. The van der Waals surface area contributed by atoms with E-state index in [0.29, 0.717) is 12.5 Å². The number of carbonyl (C=O) groups is 1. The van der Waals surface area contributed by atoms with Gasteiger partial charge in [0.1, 0.15) is 0 Å². The number of rotatable bonds is 4. The molecule has 1 atom stereocenters. The van der Waals surface area contributed by atoms with Gasteiger partial charge in [-0.1, -0.05) is 13.8 Å². The second kappa shape index (κ2) is 5.13. The second-order valence-electron chi connectivity index (χ2n) is 2.93. The highest BCUT2D eigenvalue weighted by molar-refractivity contribution is 5.72. The summed E-state index contributed by atoms with van der Waals surface area (Å²) in [4.78, 5) is 11.1. The molecule has 0 fully saturated rings. The Balaban J connectivity index is 3.98. The van der Waals surface area contributed by atoms with Gasteiger partial charge in [-0.2, -0.15) is 0 Å². The Kier molecular flexibility index (Phi) is 4.86. The molecule has 0 saturated heterocycles. The van der Waals surface area contributed by atoms with Crippen LogP contribution in [0.1, 0.15) is 13.8 Å². The SMILES string of the molecule is CNCC(C(=O)OC)C(C)C. The minimum absolute atomic E-state index is 0.0231. The highest BCUT2D eigenvalue weighted by atomic mass is 16.5. The third-order valence-corrected chi connectivity index (χ3v) is 1.73. The molecule has 0 saturated carbocycles. The van der Waals surface area contributed by atoms with Crippen molar-refractivity contribution in [3.05, 3.63) is 0 Å². The summed E-state index contributed by atoms with van der Waals surface area (Å²) in [5.74, 6) is 0.175. The molecule has 0 heterocycles. The van der Waals surface area contributed by atoms with E-state index < -0.39 is 0 Å².